The van der Waals surface area contributed by atoms with E-state index in [1.165, 1.54) is 11.3 Å². The van der Waals surface area contributed by atoms with Gasteiger partial charge in [0.05, 0.1) is 19.1 Å². The van der Waals surface area contributed by atoms with Crippen molar-refractivity contribution in [1.29, 1.82) is 0 Å². The Bertz CT molecular complexity index is 531. The Labute approximate surface area is 120 Å². The predicted molar refractivity (Wildman–Crippen MR) is 80.9 cm³/mol. The Hall–Kier alpha value is -1.81. The molecule has 0 amide bonds. The highest BCUT2D eigenvalue weighted by Crippen LogP contribution is 2.18. The summed E-state index contributed by atoms with van der Waals surface area (Å²) in [6, 6.07) is 8.89. The lowest BCUT2D eigenvalue weighted by molar-refractivity contribution is 0.414. The molecule has 0 aliphatic carbocycles. The molecule has 1 aromatic carbocycles. The van der Waals surface area contributed by atoms with Crippen molar-refractivity contribution in [3.63, 3.8) is 0 Å². The molecule has 4 heteroatoms. The summed E-state index contributed by atoms with van der Waals surface area (Å²) in [7, 11) is 1.68. The third kappa shape index (κ3) is 3.39. The first-order valence-electron chi connectivity index (χ1n) is 7.00. The maximum Gasteiger partial charge on any atom is 0.118 e. The molecule has 1 heterocycles. The average Bonchev–Trinajstić information content (AvgIpc) is 2.93. The molecule has 2 rings (SSSR count). The summed E-state index contributed by atoms with van der Waals surface area (Å²) in [6.07, 6.45) is 3.81. The van der Waals surface area contributed by atoms with E-state index in [4.69, 9.17) is 4.74 Å². The van der Waals surface area contributed by atoms with Gasteiger partial charge in [0.25, 0.3) is 0 Å². The van der Waals surface area contributed by atoms with E-state index in [-0.39, 0.29) is 6.04 Å². The van der Waals surface area contributed by atoms with Gasteiger partial charge in [-0.25, -0.2) is 4.98 Å². The van der Waals surface area contributed by atoms with E-state index in [9.17, 15) is 0 Å². The van der Waals surface area contributed by atoms with E-state index in [0.29, 0.717) is 6.04 Å². The van der Waals surface area contributed by atoms with Crippen LogP contribution >= 0.6 is 0 Å². The molecular weight excluding hydrogens is 250 g/mol. The summed E-state index contributed by atoms with van der Waals surface area (Å²) in [6.45, 7) is 7.30. The Morgan fingerprint density at radius 1 is 1.20 bits per heavy atom. The first kappa shape index (κ1) is 14.6. The summed E-state index contributed by atoms with van der Waals surface area (Å²) >= 11 is 0. The Morgan fingerprint density at radius 3 is 2.50 bits per heavy atom. The van der Waals surface area contributed by atoms with Crippen LogP contribution in [0.2, 0.25) is 0 Å². The minimum Gasteiger partial charge on any atom is -0.497 e. The highest BCUT2D eigenvalue weighted by atomic mass is 16.5. The van der Waals surface area contributed by atoms with Crippen LogP contribution in [0.4, 0.5) is 0 Å². The molecule has 0 aliphatic rings. The lowest BCUT2D eigenvalue weighted by Gasteiger charge is -2.17. The number of nitrogens with zero attached hydrogens (tertiary/aromatic N) is 2. The number of methoxy groups -OCH3 is 1. The van der Waals surface area contributed by atoms with Crippen LogP contribution in [-0.4, -0.2) is 16.7 Å². The summed E-state index contributed by atoms with van der Waals surface area (Å²) in [4.78, 5) is 4.22. The predicted octanol–water partition coefficient (Wildman–Crippen LogP) is 3.32. The molecule has 20 heavy (non-hydrogen) atoms. The van der Waals surface area contributed by atoms with Gasteiger partial charge in [-0.2, -0.15) is 0 Å². The van der Waals surface area contributed by atoms with Gasteiger partial charge in [0.2, 0.25) is 0 Å². The molecule has 0 bridgehead atoms. The molecule has 0 fully saturated rings. The Kier molecular flexibility index (Phi) is 4.79. The summed E-state index contributed by atoms with van der Waals surface area (Å²) in [5.74, 6) is 0.888. The highest BCUT2D eigenvalue weighted by molar-refractivity contribution is 5.28. The van der Waals surface area contributed by atoms with Gasteiger partial charge in [-0.1, -0.05) is 12.1 Å². The molecule has 0 saturated heterocycles. The van der Waals surface area contributed by atoms with Gasteiger partial charge < -0.3 is 14.6 Å². The fraction of sp³-hybridized carbons (Fsp3) is 0.438. The fourth-order valence-electron chi connectivity index (χ4n) is 2.20. The van der Waals surface area contributed by atoms with Crippen LogP contribution in [0.3, 0.4) is 0 Å². The first-order valence-corrected chi connectivity index (χ1v) is 7.00. The first-order chi connectivity index (χ1) is 9.61. The molecule has 1 aromatic heterocycles. The molecular formula is C16H23N3O. The second-order valence-corrected chi connectivity index (χ2v) is 5.26. The molecule has 1 atom stereocenters. The van der Waals surface area contributed by atoms with Crippen molar-refractivity contribution in [3.8, 4) is 5.75 Å². The van der Waals surface area contributed by atoms with E-state index in [1.54, 1.807) is 7.11 Å². The van der Waals surface area contributed by atoms with Crippen LogP contribution in [0.5, 0.6) is 5.75 Å². The summed E-state index contributed by atoms with van der Waals surface area (Å²) in [5.41, 5.74) is 2.46. The van der Waals surface area contributed by atoms with Gasteiger partial charge in [0.1, 0.15) is 5.75 Å². The molecule has 4 nitrogen and oxygen atoms in total. The third-order valence-electron chi connectivity index (χ3n) is 3.51. The molecule has 0 spiro atoms. The normalized spacial score (nSPS) is 12.7. The zero-order valence-electron chi connectivity index (χ0n) is 12.6. The van der Waals surface area contributed by atoms with E-state index in [2.05, 4.69) is 47.8 Å². The van der Waals surface area contributed by atoms with Crippen molar-refractivity contribution in [2.75, 3.05) is 7.11 Å². The van der Waals surface area contributed by atoms with E-state index in [1.807, 2.05) is 24.7 Å². The van der Waals surface area contributed by atoms with Gasteiger partial charge >= 0.3 is 0 Å². The summed E-state index contributed by atoms with van der Waals surface area (Å²) in [5, 5.41) is 3.53. The minimum atomic E-state index is 0.288. The lowest BCUT2D eigenvalue weighted by atomic mass is 10.1. The van der Waals surface area contributed by atoms with Gasteiger partial charge in [0.15, 0.2) is 0 Å². The topological polar surface area (TPSA) is 39.1 Å². The van der Waals surface area contributed by atoms with Gasteiger partial charge in [0, 0.05) is 24.8 Å². The maximum absolute atomic E-state index is 5.18. The number of ether oxygens (including phenoxy) is 1. The average molecular weight is 273 g/mol. The van der Waals surface area contributed by atoms with Crippen LogP contribution in [0.25, 0.3) is 0 Å². The van der Waals surface area contributed by atoms with E-state index in [0.717, 1.165) is 12.3 Å². The molecule has 0 saturated carbocycles. The van der Waals surface area contributed by atoms with Crippen LogP contribution in [0.15, 0.2) is 36.8 Å². The Balaban J connectivity index is 1.97. The van der Waals surface area contributed by atoms with Gasteiger partial charge in [-0.05, 0) is 38.5 Å². The quantitative estimate of drug-likeness (QED) is 0.877. The molecule has 2 aromatic rings. The van der Waals surface area contributed by atoms with Crippen LogP contribution < -0.4 is 10.1 Å². The van der Waals surface area contributed by atoms with Crippen molar-refractivity contribution in [3.05, 3.63) is 48.0 Å². The second kappa shape index (κ2) is 6.57. The van der Waals surface area contributed by atoms with Crippen LogP contribution in [-0.2, 0) is 6.54 Å². The number of benzene rings is 1. The van der Waals surface area contributed by atoms with Crippen molar-refractivity contribution < 1.29 is 4.74 Å². The third-order valence-corrected chi connectivity index (χ3v) is 3.51. The standard InChI is InChI=1S/C16H23N3O/c1-12(2)19-11-17-9-15(19)10-18-13(3)14-5-7-16(20-4)8-6-14/h5-9,11-13,18H,10H2,1-4H3. The van der Waals surface area contributed by atoms with Crippen molar-refractivity contribution in [1.82, 2.24) is 14.9 Å². The highest BCUT2D eigenvalue weighted by Gasteiger charge is 2.08. The number of hydrogen-bond acceptors (Lipinski definition) is 3. The number of imidazole rings is 1. The van der Waals surface area contributed by atoms with E-state index < -0.39 is 0 Å². The Morgan fingerprint density at radius 2 is 1.90 bits per heavy atom. The van der Waals surface area contributed by atoms with Crippen LogP contribution in [0.1, 0.15) is 44.1 Å². The smallest absolute Gasteiger partial charge is 0.118 e. The molecule has 0 aliphatic heterocycles. The van der Waals surface area contributed by atoms with Crippen molar-refractivity contribution in [2.24, 2.45) is 0 Å². The SMILES string of the molecule is COc1ccc(C(C)NCc2cncn2C(C)C)cc1. The van der Waals surface area contributed by atoms with Crippen molar-refractivity contribution in [2.45, 2.75) is 39.4 Å². The van der Waals surface area contributed by atoms with E-state index >= 15 is 0 Å². The zero-order valence-corrected chi connectivity index (χ0v) is 12.6. The number of hydrogen-bond donors (Lipinski definition) is 1. The van der Waals surface area contributed by atoms with Gasteiger partial charge in [-0.3, -0.25) is 0 Å². The second-order valence-electron chi connectivity index (χ2n) is 5.26. The molecule has 1 unspecified atom stereocenters. The van der Waals surface area contributed by atoms with Gasteiger partial charge in [-0.15, -0.1) is 0 Å². The molecule has 0 radical (unpaired) electrons. The zero-order chi connectivity index (χ0) is 14.5. The van der Waals surface area contributed by atoms with Crippen LogP contribution in [0, 0.1) is 0 Å². The lowest BCUT2D eigenvalue weighted by Crippen LogP contribution is -2.20. The van der Waals surface area contributed by atoms with Crippen molar-refractivity contribution >= 4 is 0 Å². The maximum atomic E-state index is 5.18. The number of aromatic nitrogens is 2. The summed E-state index contributed by atoms with van der Waals surface area (Å²) < 4.78 is 7.37. The molecule has 108 valence electrons. The number of nitrogens with one attached hydrogen (secondary N) is 1. The molecule has 1 N–H and O–H groups in total. The number of rotatable bonds is 6. The minimum absolute atomic E-state index is 0.288. The monoisotopic (exact) mass is 273 g/mol. The fourth-order valence-corrected chi connectivity index (χ4v) is 2.20. The largest absolute Gasteiger partial charge is 0.497 e.